The minimum atomic E-state index is 0.198. The number of aromatic nitrogens is 2. The molecule has 0 bridgehead atoms. The molecule has 2 N–H and O–H groups in total. The molecule has 0 atom stereocenters. The highest BCUT2D eigenvalue weighted by molar-refractivity contribution is 5.96. The van der Waals surface area contributed by atoms with E-state index in [-0.39, 0.29) is 5.78 Å². The predicted octanol–water partition coefficient (Wildman–Crippen LogP) is 2.57. The van der Waals surface area contributed by atoms with Crippen molar-refractivity contribution >= 4 is 5.78 Å². The van der Waals surface area contributed by atoms with Crippen LogP contribution in [0.3, 0.4) is 0 Å². The van der Waals surface area contributed by atoms with Crippen molar-refractivity contribution in [3.05, 3.63) is 48.3 Å². The van der Waals surface area contributed by atoms with Gasteiger partial charge in [-0.1, -0.05) is 6.42 Å². The van der Waals surface area contributed by atoms with Gasteiger partial charge >= 0.3 is 0 Å². The zero-order valence-corrected chi connectivity index (χ0v) is 11.0. The van der Waals surface area contributed by atoms with E-state index < -0.39 is 0 Å². The zero-order chi connectivity index (χ0) is 13.5. The lowest BCUT2D eigenvalue weighted by molar-refractivity contribution is 0.0979. The minimum Gasteiger partial charge on any atom is -0.330 e. The molecule has 0 unspecified atom stereocenters. The number of Topliss-reactive ketones (excluding diaryl/α,β-unsaturated/α-hetero) is 1. The number of benzene rings is 1. The van der Waals surface area contributed by atoms with Gasteiger partial charge in [-0.15, -0.1) is 0 Å². The molecule has 2 rings (SSSR count). The van der Waals surface area contributed by atoms with Crippen LogP contribution in [0.15, 0.2) is 42.7 Å². The summed E-state index contributed by atoms with van der Waals surface area (Å²) in [5, 5.41) is 4.15. The first-order valence-electron chi connectivity index (χ1n) is 6.64. The summed E-state index contributed by atoms with van der Waals surface area (Å²) < 4.78 is 1.77. The van der Waals surface area contributed by atoms with Gasteiger partial charge < -0.3 is 5.73 Å². The van der Waals surface area contributed by atoms with Gasteiger partial charge in [-0.2, -0.15) is 5.10 Å². The van der Waals surface area contributed by atoms with Gasteiger partial charge in [-0.05, 0) is 49.7 Å². The summed E-state index contributed by atoms with van der Waals surface area (Å²) in [6.07, 6.45) is 7.14. The van der Waals surface area contributed by atoms with Crippen molar-refractivity contribution in [1.82, 2.24) is 9.78 Å². The first-order valence-corrected chi connectivity index (χ1v) is 6.64. The molecule has 0 spiro atoms. The van der Waals surface area contributed by atoms with Crippen molar-refractivity contribution in [2.45, 2.75) is 25.7 Å². The van der Waals surface area contributed by atoms with Crippen LogP contribution in [-0.2, 0) is 0 Å². The predicted molar refractivity (Wildman–Crippen MR) is 75.4 cm³/mol. The standard InChI is InChI=1S/C15H19N3O/c16-10-3-1-2-5-15(19)13-6-8-14(9-7-13)18-12-4-11-17-18/h4,6-9,11-12H,1-3,5,10,16H2. The molecule has 1 aromatic carbocycles. The number of rotatable bonds is 7. The van der Waals surface area contributed by atoms with Gasteiger partial charge in [0.15, 0.2) is 5.78 Å². The summed E-state index contributed by atoms with van der Waals surface area (Å²) >= 11 is 0. The van der Waals surface area contributed by atoms with E-state index in [1.54, 1.807) is 10.9 Å². The quantitative estimate of drug-likeness (QED) is 0.612. The molecule has 0 amide bonds. The van der Waals surface area contributed by atoms with E-state index in [1.165, 1.54) is 0 Å². The van der Waals surface area contributed by atoms with E-state index in [1.807, 2.05) is 36.5 Å². The Hall–Kier alpha value is -1.94. The number of nitrogens with two attached hydrogens (primary N) is 1. The Kier molecular flexibility index (Phi) is 4.86. The molecule has 0 saturated carbocycles. The molecule has 0 radical (unpaired) electrons. The summed E-state index contributed by atoms with van der Waals surface area (Å²) in [4.78, 5) is 12.0. The fourth-order valence-corrected chi connectivity index (χ4v) is 1.97. The molecule has 0 aliphatic rings. The van der Waals surface area contributed by atoms with E-state index in [9.17, 15) is 4.79 Å². The molecule has 4 heteroatoms. The summed E-state index contributed by atoms with van der Waals surface area (Å²) in [6.45, 7) is 0.701. The SMILES string of the molecule is NCCCCCC(=O)c1ccc(-n2cccn2)cc1. The molecule has 0 aliphatic carbocycles. The maximum Gasteiger partial charge on any atom is 0.162 e. The highest BCUT2D eigenvalue weighted by atomic mass is 16.1. The third kappa shape index (κ3) is 3.76. The van der Waals surface area contributed by atoms with Crippen molar-refractivity contribution in [3.8, 4) is 5.69 Å². The van der Waals surface area contributed by atoms with E-state index in [4.69, 9.17) is 5.73 Å². The van der Waals surface area contributed by atoms with Crippen LogP contribution in [0.4, 0.5) is 0 Å². The average Bonchev–Trinajstić information content (AvgIpc) is 2.98. The Labute approximate surface area is 113 Å². The lowest BCUT2D eigenvalue weighted by Crippen LogP contribution is -2.02. The van der Waals surface area contributed by atoms with Crippen LogP contribution in [0.5, 0.6) is 0 Å². The fourth-order valence-electron chi connectivity index (χ4n) is 1.97. The van der Waals surface area contributed by atoms with Crippen LogP contribution in [0.1, 0.15) is 36.0 Å². The Morgan fingerprint density at radius 3 is 2.58 bits per heavy atom. The summed E-state index contributed by atoms with van der Waals surface area (Å²) in [6, 6.07) is 9.43. The molecule has 1 aromatic heterocycles. The van der Waals surface area contributed by atoms with Crippen LogP contribution in [0.25, 0.3) is 5.69 Å². The second kappa shape index (κ2) is 6.85. The van der Waals surface area contributed by atoms with Crippen LogP contribution >= 0.6 is 0 Å². The number of carbonyl (C=O) groups excluding carboxylic acids is 1. The number of hydrogen-bond donors (Lipinski definition) is 1. The highest BCUT2D eigenvalue weighted by Gasteiger charge is 2.05. The van der Waals surface area contributed by atoms with Gasteiger partial charge in [0.1, 0.15) is 0 Å². The summed E-state index contributed by atoms with van der Waals surface area (Å²) in [7, 11) is 0. The lowest BCUT2D eigenvalue weighted by atomic mass is 10.0. The van der Waals surface area contributed by atoms with E-state index in [2.05, 4.69) is 5.10 Å². The number of nitrogens with zero attached hydrogens (tertiary/aromatic N) is 2. The highest BCUT2D eigenvalue weighted by Crippen LogP contribution is 2.12. The average molecular weight is 257 g/mol. The maximum atomic E-state index is 12.0. The van der Waals surface area contributed by atoms with Crippen LogP contribution < -0.4 is 5.73 Å². The van der Waals surface area contributed by atoms with E-state index >= 15 is 0 Å². The Morgan fingerprint density at radius 1 is 1.16 bits per heavy atom. The van der Waals surface area contributed by atoms with Gasteiger partial charge in [0.05, 0.1) is 5.69 Å². The van der Waals surface area contributed by atoms with Gasteiger partial charge in [0.25, 0.3) is 0 Å². The monoisotopic (exact) mass is 257 g/mol. The van der Waals surface area contributed by atoms with Crippen LogP contribution in [0, 0.1) is 0 Å². The minimum absolute atomic E-state index is 0.198. The molecular formula is C15H19N3O. The Balaban J connectivity index is 1.93. The molecule has 100 valence electrons. The third-order valence-electron chi connectivity index (χ3n) is 3.07. The Morgan fingerprint density at radius 2 is 1.95 bits per heavy atom. The number of unbranched alkanes of at least 4 members (excludes halogenated alkanes) is 2. The molecule has 0 aliphatic heterocycles. The molecule has 1 heterocycles. The second-order valence-corrected chi connectivity index (χ2v) is 4.52. The van der Waals surface area contributed by atoms with Crippen molar-refractivity contribution < 1.29 is 4.79 Å². The largest absolute Gasteiger partial charge is 0.330 e. The number of hydrogen-bond acceptors (Lipinski definition) is 3. The van der Waals surface area contributed by atoms with Crippen molar-refractivity contribution in [2.75, 3.05) is 6.54 Å². The zero-order valence-electron chi connectivity index (χ0n) is 11.0. The van der Waals surface area contributed by atoms with Crippen LogP contribution in [-0.4, -0.2) is 22.1 Å². The molecule has 0 saturated heterocycles. The topological polar surface area (TPSA) is 60.9 Å². The second-order valence-electron chi connectivity index (χ2n) is 4.52. The maximum absolute atomic E-state index is 12.0. The summed E-state index contributed by atoms with van der Waals surface area (Å²) in [5.41, 5.74) is 7.16. The van der Waals surface area contributed by atoms with Crippen molar-refractivity contribution in [2.24, 2.45) is 5.73 Å². The molecule has 2 aromatic rings. The van der Waals surface area contributed by atoms with E-state index in [0.29, 0.717) is 13.0 Å². The van der Waals surface area contributed by atoms with E-state index in [0.717, 1.165) is 30.5 Å². The van der Waals surface area contributed by atoms with Gasteiger partial charge in [0, 0.05) is 24.4 Å². The van der Waals surface area contributed by atoms with Crippen LogP contribution in [0.2, 0.25) is 0 Å². The molecular weight excluding hydrogens is 238 g/mol. The normalized spacial score (nSPS) is 10.6. The number of ketones is 1. The fraction of sp³-hybridized carbons (Fsp3) is 0.333. The smallest absolute Gasteiger partial charge is 0.162 e. The molecule has 4 nitrogen and oxygen atoms in total. The van der Waals surface area contributed by atoms with Gasteiger partial charge in [-0.3, -0.25) is 4.79 Å². The van der Waals surface area contributed by atoms with Crippen molar-refractivity contribution in [3.63, 3.8) is 0 Å². The first-order chi connectivity index (χ1) is 9.31. The summed E-state index contributed by atoms with van der Waals surface area (Å²) in [5.74, 6) is 0.198. The molecule has 0 fully saturated rings. The Bertz CT molecular complexity index is 503. The van der Waals surface area contributed by atoms with Gasteiger partial charge in [0.2, 0.25) is 0 Å². The van der Waals surface area contributed by atoms with Crippen molar-refractivity contribution in [1.29, 1.82) is 0 Å². The third-order valence-corrected chi connectivity index (χ3v) is 3.07. The lowest BCUT2D eigenvalue weighted by Gasteiger charge is -2.04. The number of carbonyl (C=O) groups is 1. The van der Waals surface area contributed by atoms with Gasteiger partial charge in [-0.25, -0.2) is 4.68 Å². The molecule has 19 heavy (non-hydrogen) atoms. The first kappa shape index (κ1) is 13.5.